The fourth-order valence-corrected chi connectivity index (χ4v) is 4.04. The van der Waals surface area contributed by atoms with Gasteiger partial charge in [-0.15, -0.1) is 0 Å². The van der Waals surface area contributed by atoms with E-state index in [1.807, 2.05) is 30.3 Å². The molecule has 0 radical (unpaired) electrons. The Morgan fingerprint density at radius 2 is 2.12 bits per heavy atom. The van der Waals surface area contributed by atoms with Gasteiger partial charge in [0.05, 0.1) is 18.8 Å². The van der Waals surface area contributed by atoms with Crippen LogP contribution >= 0.6 is 0 Å². The molecule has 0 aromatic heterocycles. The third-order valence-corrected chi connectivity index (χ3v) is 5.34. The molecule has 3 rings (SSSR count). The van der Waals surface area contributed by atoms with Gasteiger partial charge in [0.2, 0.25) is 0 Å². The quantitative estimate of drug-likeness (QED) is 0.571. The molecule has 3 N–H and O–H groups in total. The molecule has 5 heteroatoms. The molecule has 1 heterocycles. The SMILES string of the molecule is CCNC(=NCC(O)c1ccccc1)NC1C2CCOC2C1(C)C. The molecule has 1 aliphatic heterocycles. The lowest BCUT2D eigenvalue weighted by molar-refractivity contribution is -0.106. The van der Waals surface area contributed by atoms with E-state index in [2.05, 4.69) is 36.4 Å². The van der Waals surface area contributed by atoms with Crippen molar-refractivity contribution in [2.75, 3.05) is 19.7 Å². The second kappa shape index (κ2) is 7.11. The first-order valence-corrected chi connectivity index (χ1v) is 8.93. The Hall–Kier alpha value is -1.59. The maximum atomic E-state index is 10.3. The van der Waals surface area contributed by atoms with Gasteiger partial charge in [0.1, 0.15) is 0 Å². The van der Waals surface area contributed by atoms with Gasteiger partial charge in [-0.1, -0.05) is 44.2 Å². The van der Waals surface area contributed by atoms with Gasteiger partial charge in [-0.2, -0.15) is 0 Å². The van der Waals surface area contributed by atoms with Crippen LogP contribution in [0.15, 0.2) is 35.3 Å². The van der Waals surface area contributed by atoms with E-state index in [1.54, 1.807) is 0 Å². The summed E-state index contributed by atoms with van der Waals surface area (Å²) in [5.41, 5.74) is 1.00. The van der Waals surface area contributed by atoms with E-state index in [-0.39, 0.29) is 5.41 Å². The van der Waals surface area contributed by atoms with Gasteiger partial charge in [-0.25, -0.2) is 0 Å². The van der Waals surface area contributed by atoms with Crippen LogP contribution in [0.4, 0.5) is 0 Å². The number of ether oxygens (including phenoxy) is 1. The molecule has 4 unspecified atom stereocenters. The summed E-state index contributed by atoms with van der Waals surface area (Å²) in [6.07, 6.45) is 0.879. The first kappa shape index (κ1) is 17.2. The van der Waals surface area contributed by atoms with Crippen molar-refractivity contribution in [1.29, 1.82) is 0 Å². The summed E-state index contributed by atoms with van der Waals surface area (Å²) < 4.78 is 5.85. The molecule has 2 aliphatic rings. The molecule has 4 atom stereocenters. The minimum absolute atomic E-state index is 0.107. The summed E-state index contributed by atoms with van der Waals surface area (Å²) in [5.74, 6) is 1.33. The summed E-state index contributed by atoms with van der Waals surface area (Å²) in [7, 11) is 0. The van der Waals surface area contributed by atoms with E-state index < -0.39 is 6.10 Å². The van der Waals surface area contributed by atoms with Crippen LogP contribution < -0.4 is 10.6 Å². The van der Waals surface area contributed by atoms with Crippen LogP contribution in [-0.2, 0) is 4.74 Å². The normalized spacial score (nSPS) is 29.5. The Labute approximate surface area is 144 Å². The van der Waals surface area contributed by atoms with E-state index in [1.165, 1.54) is 0 Å². The van der Waals surface area contributed by atoms with Crippen molar-refractivity contribution in [3.63, 3.8) is 0 Å². The molecule has 2 fully saturated rings. The van der Waals surface area contributed by atoms with E-state index in [0.29, 0.717) is 24.6 Å². The van der Waals surface area contributed by atoms with Gasteiger partial charge in [-0.05, 0) is 18.9 Å². The highest BCUT2D eigenvalue weighted by Crippen LogP contribution is 2.52. The third-order valence-electron chi connectivity index (χ3n) is 5.34. The van der Waals surface area contributed by atoms with Crippen LogP contribution in [0.5, 0.6) is 0 Å². The molecule has 1 saturated carbocycles. The molecule has 24 heavy (non-hydrogen) atoms. The summed E-state index contributed by atoms with van der Waals surface area (Å²) in [6, 6.07) is 10.0. The third kappa shape index (κ3) is 3.28. The van der Waals surface area contributed by atoms with E-state index in [4.69, 9.17) is 4.74 Å². The van der Waals surface area contributed by atoms with Crippen LogP contribution in [0, 0.1) is 11.3 Å². The fraction of sp³-hybridized carbons (Fsp3) is 0.632. The Morgan fingerprint density at radius 3 is 2.83 bits per heavy atom. The molecule has 1 aliphatic carbocycles. The van der Waals surface area contributed by atoms with E-state index in [9.17, 15) is 5.11 Å². The monoisotopic (exact) mass is 331 g/mol. The number of fused-ring (bicyclic) bond motifs is 1. The number of aliphatic hydroxyl groups is 1. The van der Waals surface area contributed by atoms with Crippen molar-refractivity contribution in [3.8, 4) is 0 Å². The Kier molecular flexibility index (Phi) is 5.11. The largest absolute Gasteiger partial charge is 0.386 e. The molecule has 0 amide bonds. The summed E-state index contributed by atoms with van der Waals surface area (Å²) in [4.78, 5) is 4.59. The van der Waals surface area contributed by atoms with Crippen LogP contribution in [0.25, 0.3) is 0 Å². The van der Waals surface area contributed by atoms with Crippen LogP contribution in [0.3, 0.4) is 0 Å². The number of rotatable bonds is 5. The van der Waals surface area contributed by atoms with Crippen LogP contribution in [0.1, 0.15) is 38.9 Å². The smallest absolute Gasteiger partial charge is 0.191 e. The average Bonchev–Trinajstić information content (AvgIpc) is 3.05. The van der Waals surface area contributed by atoms with Gasteiger partial charge in [-0.3, -0.25) is 4.99 Å². The van der Waals surface area contributed by atoms with Crippen LogP contribution in [0.2, 0.25) is 0 Å². The number of nitrogens with one attached hydrogen (secondary N) is 2. The van der Waals surface area contributed by atoms with E-state index in [0.717, 1.165) is 31.1 Å². The van der Waals surface area contributed by atoms with Gasteiger partial charge < -0.3 is 20.5 Å². The first-order chi connectivity index (χ1) is 11.5. The van der Waals surface area contributed by atoms with Crippen molar-refractivity contribution in [2.45, 2.75) is 45.4 Å². The summed E-state index contributed by atoms with van der Waals surface area (Å²) >= 11 is 0. The highest BCUT2D eigenvalue weighted by molar-refractivity contribution is 5.80. The first-order valence-electron chi connectivity index (χ1n) is 8.93. The lowest BCUT2D eigenvalue weighted by Crippen LogP contribution is -2.68. The number of hydrogen-bond acceptors (Lipinski definition) is 3. The molecule has 5 nitrogen and oxygen atoms in total. The molecule has 1 aromatic carbocycles. The van der Waals surface area contributed by atoms with Crippen molar-refractivity contribution in [1.82, 2.24) is 10.6 Å². The van der Waals surface area contributed by atoms with Gasteiger partial charge >= 0.3 is 0 Å². The molecule has 0 spiro atoms. The van der Waals surface area contributed by atoms with Crippen molar-refractivity contribution >= 4 is 5.96 Å². The predicted molar refractivity (Wildman–Crippen MR) is 95.9 cm³/mol. The molecular weight excluding hydrogens is 302 g/mol. The summed E-state index contributed by atoms with van der Waals surface area (Å²) in [5, 5.41) is 17.2. The average molecular weight is 331 g/mol. The zero-order valence-corrected chi connectivity index (χ0v) is 14.8. The molecule has 1 aromatic rings. The number of hydrogen-bond donors (Lipinski definition) is 3. The number of benzene rings is 1. The Balaban J connectivity index is 1.64. The van der Waals surface area contributed by atoms with Crippen molar-refractivity contribution < 1.29 is 9.84 Å². The minimum Gasteiger partial charge on any atom is -0.386 e. The zero-order chi connectivity index (χ0) is 17.2. The molecule has 0 bridgehead atoms. The summed E-state index contributed by atoms with van der Waals surface area (Å²) in [6.45, 7) is 8.55. The Morgan fingerprint density at radius 1 is 1.38 bits per heavy atom. The van der Waals surface area contributed by atoms with E-state index >= 15 is 0 Å². The fourth-order valence-electron chi connectivity index (χ4n) is 4.04. The minimum atomic E-state index is -0.585. The van der Waals surface area contributed by atoms with Crippen molar-refractivity contribution in [2.24, 2.45) is 16.3 Å². The number of nitrogens with zero attached hydrogens (tertiary/aromatic N) is 1. The van der Waals surface area contributed by atoms with Gasteiger partial charge in [0.15, 0.2) is 5.96 Å². The topological polar surface area (TPSA) is 65.9 Å². The number of aliphatic imine (C=N–C) groups is 1. The van der Waals surface area contributed by atoms with Gasteiger partial charge in [0.25, 0.3) is 0 Å². The molecule has 1 saturated heterocycles. The standard InChI is InChI=1S/C19H29N3O2/c1-4-20-18(21-12-15(23)13-8-6-5-7-9-13)22-16-14-10-11-24-17(14)19(16,2)3/h5-9,14-17,23H,4,10-12H2,1-3H3,(H2,20,21,22). The van der Waals surface area contributed by atoms with Gasteiger partial charge in [0, 0.05) is 30.5 Å². The molecular formula is C19H29N3O2. The lowest BCUT2D eigenvalue weighted by Gasteiger charge is -2.54. The van der Waals surface area contributed by atoms with Crippen molar-refractivity contribution in [3.05, 3.63) is 35.9 Å². The maximum absolute atomic E-state index is 10.3. The predicted octanol–water partition coefficient (Wildman–Crippen LogP) is 2.09. The van der Waals surface area contributed by atoms with Crippen LogP contribution in [-0.4, -0.2) is 42.9 Å². The molecule has 132 valence electrons. The lowest BCUT2D eigenvalue weighted by atomic mass is 9.57. The maximum Gasteiger partial charge on any atom is 0.191 e. The number of guanidine groups is 1. The highest BCUT2D eigenvalue weighted by atomic mass is 16.5. The highest BCUT2D eigenvalue weighted by Gasteiger charge is 2.59. The second-order valence-corrected chi connectivity index (χ2v) is 7.33. The zero-order valence-electron chi connectivity index (χ0n) is 14.8. The number of aliphatic hydroxyl groups excluding tert-OH is 1. The second-order valence-electron chi connectivity index (χ2n) is 7.33. The Bertz CT molecular complexity index is 573.